The van der Waals surface area contributed by atoms with Gasteiger partial charge in [-0.15, -0.1) is 0 Å². The van der Waals surface area contributed by atoms with Crippen LogP contribution in [0.2, 0.25) is 0 Å². The maximum atomic E-state index is 5.91. The van der Waals surface area contributed by atoms with Gasteiger partial charge in [-0.05, 0) is 36.6 Å². The highest BCUT2D eigenvalue weighted by Gasteiger charge is 2.18. The number of ether oxygens (including phenoxy) is 2. The normalized spacial score (nSPS) is 13.3. The molecule has 1 rings (SSSR count). The molecule has 1 N–H and O–H groups in total. The highest BCUT2D eigenvalue weighted by Crippen LogP contribution is 2.28. The Balaban J connectivity index is 2.70. The van der Waals surface area contributed by atoms with Crippen molar-refractivity contribution in [1.82, 2.24) is 5.32 Å². The summed E-state index contributed by atoms with van der Waals surface area (Å²) in [5.74, 6) is 0.896. The van der Waals surface area contributed by atoms with Gasteiger partial charge in [0.15, 0.2) is 0 Å². The molecule has 0 aliphatic heterocycles. The Bertz CT molecular complexity index is 354. The number of likely N-dealkylation sites (N-methyl/N-ethyl adjacent to an activating group) is 1. The van der Waals surface area contributed by atoms with Crippen molar-refractivity contribution in [2.45, 2.75) is 38.7 Å². The summed E-state index contributed by atoms with van der Waals surface area (Å²) in [6, 6.07) is 8.40. The summed E-state index contributed by atoms with van der Waals surface area (Å²) in [7, 11) is 3.61. The van der Waals surface area contributed by atoms with Crippen LogP contribution in [0.3, 0.4) is 0 Å². The van der Waals surface area contributed by atoms with Crippen molar-refractivity contribution in [3.05, 3.63) is 29.8 Å². The van der Waals surface area contributed by atoms with Crippen LogP contribution in [0.15, 0.2) is 24.3 Å². The number of hydrogen-bond donors (Lipinski definition) is 1. The lowest BCUT2D eigenvalue weighted by molar-refractivity contribution is 0.0818. The minimum atomic E-state index is 0.0417. The fraction of sp³-hybridized carbons (Fsp3) is 0.625. The monoisotopic (exact) mass is 265 g/mol. The fourth-order valence-electron chi connectivity index (χ4n) is 1.93. The first-order valence-corrected chi connectivity index (χ1v) is 6.94. The Morgan fingerprint density at radius 1 is 1.21 bits per heavy atom. The molecule has 0 radical (unpaired) electrons. The molecule has 1 atom stereocenters. The minimum absolute atomic E-state index is 0.0417. The van der Waals surface area contributed by atoms with Crippen LogP contribution < -0.4 is 10.1 Å². The highest BCUT2D eigenvalue weighted by molar-refractivity contribution is 5.31. The molecule has 0 amide bonds. The fourth-order valence-corrected chi connectivity index (χ4v) is 1.93. The van der Waals surface area contributed by atoms with E-state index in [1.165, 1.54) is 5.56 Å². The molecule has 0 bridgehead atoms. The predicted molar refractivity (Wildman–Crippen MR) is 80.0 cm³/mol. The number of benzene rings is 1. The van der Waals surface area contributed by atoms with Crippen molar-refractivity contribution in [1.29, 1.82) is 0 Å². The van der Waals surface area contributed by atoms with E-state index in [1.807, 2.05) is 19.2 Å². The minimum Gasteiger partial charge on any atom is -0.487 e. The molecule has 0 aliphatic carbocycles. The summed E-state index contributed by atoms with van der Waals surface area (Å²) in [4.78, 5) is 0. The summed E-state index contributed by atoms with van der Waals surface area (Å²) >= 11 is 0. The number of rotatable bonds is 8. The van der Waals surface area contributed by atoms with E-state index >= 15 is 0 Å². The van der Waals surface area contributed by atoms with Crippen molar-refractivity contribution in [3.8, 4) is 5.75 Å². The quantitative estimate of drug-likeness (QED) is 0.784. The SMILES string of the molecule is CCC(C)(C)c1ccc(OC(CNC)COC)cc1. The molecule has 0 heterocycles. The van der Waals surface area contributed by atoms with E-state index in [-0.39, 0.29) is 11.5 Å². The average molecular weight is 265 g/mol. The summed E-state index contributed by atoms with van der Waals surface area (Å²) in [6.07, 6.45) is 1.17. The van der Waals surface area contributed by atoms with Gasteiger partial charge in [0.2, 0.25) is 0 Å². The molecule has 3 heteroatoms. The van der Waals surface area contributed by atoms with Gasteiger partial charge in [0.25, 0.3) is 0 Å². The largest absolute Gasteiger partial charge is 0.487 e. The van der Waals surface area contributed by atoms with Crippen LogP contribution >= 0.6 is 0 Å². The summed E-state index contributed by atoms with van der Waals surface area (Å²) in [6.45, 7) is 8.10. The molecule has 3 nitrogen and oxygen atoms in total. The van der Waals surface area contributed by atoms with Crippen LogP contribution in [0.1, 0.15) is 32.8 Å². The Morgan fingerprint density at radius 2 is 1.84 bits per heavy atom. The zero-order valence-electron chi connectivity index (χ0n) is 12.8. The van der Waals surface area contributed by atoms with Crippen molar-refractivity contribution in [2.75, 3.05) is 27.3 Å². The lowest BCUT2D eigenvalue weighted by Gasteiger charge is -2.24. The number of methoxy groups -OCH3 is 1. The molecule has 0 saturated carbocycles. The van der Waals surface area contributed by atoms with Crippen LogP contribution in [-0.4, -0.2) is 33.4 Å². The van der Waals surface area contributed by atoms with E-state index in [0.29, 0.717) is 6.61 Å². The average Bonchev–Trinajstić information content (AvgIpc) is 2.40. The van der Waals surface area contributed by atoms with Gasteiger partial charge in [-0.25, -0.2) is 0 Å². The highest BCUT2D eigenvalue weighted by atomic mass is 16.5. The van der Waals surface area contributed by atoms with E-state index in [9.17, 15) is 0 Å². The molecular weight excluding hydrogens is 238 g/mol. The number of nitrogens with one attached hydrogen (secondary N) is 1. The van der Waals surface area contributed by atoms with Crippen molar-refractivity contribution < 1.29 is 9.47 Å². The van der Waals surface area contributed by atoms with E-state index in [1.54, 1.807) is 7.11 Å². The lowest BCUT2D eigenvalue weighted by Crippen LogP contribution is -2.33. The van der Waals surface area contributed by atoms with Crippen molar-refractivity contribution in [2.24, 2.45) is 0 Å². The molecule has 1 aromatic carbocycles. The molecule has 1 unspecified atom stereocenters. The van der Waals surface area contributed by atoms with Crippen molar-refractivity contribution in [3.63, 3.8) is 0 Å². The Morgan fingerprint density at radius 3 is 2.32 bits per heavy atom. The third kappa shape index (κ3) is 4.84. The van der Waals surface area contributed by atoms with E-state index in [0.717, 1.165) is 18.7 Å². The third-order valence-corrected chi connectivity index (χ3v) is 3.61. The lowest BCUT2D eigenvalue weighted by atomic mass is 9.82. The summed E-state index contributed by atoms with van der Waals surface area (Å²) in [5.41, 5.74) is 1.56. The van der Waals surface area contributed by atoms with Crippen LogP contribution in [0.25, 0.3) is 0 Å². The van der Waals surface area contributed by atoms with Gasteiger partial charge >= 0.3 is 0 Å². The van der Waals surface area contributed by atoms with Crippen LogP contribution in [0.4, 0.5) is 0 Å². The van der Waals surface area contributed by atoms with Crippen molar-refractivity contribution >= 4 is 0 Å². The third-order valence-electron chi connectivity index (χ3n) is 3.61. The Labute approximate surface area is 117 Å². The Hall–Kier alpha value is -1.06. The topological polar surface area (TPSA) is 30.5 Å². The van der Waals surface area contributed by atoms with Gasteiger partial charge in [0.05, 0.1) is 6.61 Å². The molecular formula is C16H27NO2. The summed E-state index contributed by atoms with van der Waals surface area (Å²) < 4.78 is 11.1. The molecule has 108 valence electrons. The predicted octanol–water partition coefficient (Wildman–Crippen LogP) is 2.99. The molecule has 0 spiro atoms. The van der Waals surface area contributed by atoms with E-state index in [4.69, 9.17) is 9.47 Å². The maximum Gasteiger partial charge on any atom is 0.134 e. The van der Waals surface area contributed by atoms with E-state index in [2.05, 4.69) is 38.2 Å². The van der Waals surface area contributed by atoms with Gasteiger partial charge in [-0.1, -0.05) is 32.9 Å². The Kier molecular flexibility index (Phi) is 6.32. The molecule has 0 saturated heterocycles. The molecule has 0 fully saturated rings. The van der Waals surface area contributed by atoms with Gasteiger partial charge in [0.1, 0.15) is 11.9 Å². The van der Waals surface area contributed by atoms with Gasteiger partial charge in [-0.3, -0.25) is 0 Å². The maximum absolute atomic E-state index is 5.91. The van der Waals surface area contributed by atoms with E-state index < -0.39 is 0 Å². The first-order chi connectivity index (χ1) is 9.03. The smallest absolute Gasteiger partial charge is 0.134 e. The standard InChI is InChI=1S/C16H27NO2/c1-6-16(2,3)13-7-9-14(10-8-13)19-15(11-17-4)12-18-5/h7-10,15,17H,6,11-12H2,1-5H3. The zero-order valence-corrected chi connectivity index (χ0v) is 12.8. The second kappa shape index (κ2) is 7.51. The molecule has 0 aliphatic rings. The van der Waals surface area contributed by atoms with Gasteiger partial charge in [0, 0.05) is 13.7 Å². The van der Waals surface area contributed by atoms with Gasteiger partial charge in [-0.2, -0.15) is 0 Å². The first kappa shape index (κ1) is 16.0. The molecule has 0 aromatic heterocycles. The molecule has 19 heavy (non-hydrogen) atoms. The summed E-state index contributed by atoms with van der Waals surface area (Å²) in [5, 5.41) is 3.11. The second-order valence-electron chi connectivity index (χ2n) is 5.51. The van der Waals surface area contributed by atoms with Crippen LogP contribution in [0, 0.1) is 0 Å². The number of hydrogen-bond acceptors (Lipinski definition) is 3. The molecule has 1 aromatic rings. The van der Waals surface area contributed by atoms with Crippen LogP contribution in [-0.2, 0) is 10.2 Å². The first-order valence-electron chi connectivity index (χ1n) is 6.94. The van der Waals surface area contributed by atoms with Gasteiger partial charge < -0.3 is 14.8 Å². The zero-order chi connectivity index (χ0) is 14.3. The second-order valence-corrected chi connectivity index (χ2v) is 5.51. The van der Waals surface area contributed by atoms with Crippen LogP contribution in [0.5, 0.6) is 5.75 Å².